The van der Waals surface area contributed by atoms with Crippen LogP contribution in [0.2, 0.25) is 0 Å². The fourth-order valence-electron chi connectivity index (χ4n) is 6.02. The summed E-state index contributed by atoms with van der Waals surface area (Å²) in [5.74, 6) is 0.796. The molecule has 1 aliphatic heterocycles. The van der Waals surface area contributed by atoms with Crippen molar-refractivity contribution in [2.24, 2.45) is 13.0 Å². The lowest BCUT2D eigenvalue weighted by Crippen LogP contribution is -2.47. The molecule has 3 atom stereocenters. The Balaban J connectivity index is 1.56. The van der Waals surface area contributed by atoms with Gasteiger partial charge in [-0.05, 0) is 37.2 Å². The predicted octanol–water partition coefficient (Wildman–Crippen LogP) is 5.34. The average Bonchev–Trinajstić information content (AvgIpc) is 3.28. The molecule has 0 fully saturated rings. The third-order valence-corrected chi connectivity index (χ3v) is 8.35. The highest BCUT2D eigenvalue weighted by atomic mass is 16.5. The van der Waals surface area contributed by atoms with Crippen molar-refractivity contribution in [2.45, 2.75) is 39.1 Å². The molecule has 1 N–H and O–H groups in total. The maximum absolute atomic E-state index is 14.5. The molecule has 7 nitrogen and oxygen atoms in total. The van der Waals surface area contributed by atoms with E-state index < -0.39 is 0 Å². The molecule has 41 heavy (non-hydrogen) atoms. The van der Waals surface area contributed by atoms with Gasteiger partial charge >= 0.3 is 0 Å². The van der Waals surface area contributed by atoms with Crippen molar-refractivity contribution >= 4 is 16.8 Å². The summed E-state index contributed by atoms with van der Waals surface area (Å²) in [6.07, 6.45) is -0.151. The van der Waals surface area contributed by atoms with Crippen LogP contribution in [0.25, 0.3) is 22.0 Å². The number of hydrogen-bond donors (Lipinski definition) is 1. The van der Waals surface area contributed by atoms with E-state index in [0.717, 1.165) is 38.9 Å². The van der Waals surface area contributed by atoms with Crippen LogP contribution in [0.15, 0.2) is 72.8 Å². The molecule has 0 aliphatic carbocycles. The molecule has 5 rings (SSSR count). The van der Waals surface area contributed by atoms with Crippen molar-refractivity contribution in [2.75, 3.05) is 33.9 Å². The first-order valence-corrected chi connectivity index (χ1v) is 14.3. The summed E-state index contributed by atoms with van der Waals surface area (Å²) in [6.45, 7) is 6.20. The van der Waals surface area contributed by atoms with Gasteiger partial charge in [0.25, 0.3) is 5.91 Å². The highest BCUT2D eigenvalue weighted by molar-refractivity contribution is 6.10. The van der Waals surface area contributed by atoms with Gasteiger partial charge in [0.1, 0.15) is 11.4 Å². The Morgan fingerprint density at radius 1 is 1.07 bits per heavy atom. The molecule has 0 saturated heterocycles. The first-order chi connectivity index (χ1) is 19.8. The molecular formula is C34H41N3O4. The van der Waals surface area contributed by atoms with Gasteiger partial charge < -0.3 is 24.0 Å². The Bertz CT molecular complexity index is 1510. The zero-order valence-corrected chi connectivity index (χ0v) is 24.7. The Hall–Kier alpha value is -3.65. The van der Waals surface area contributed by atoms with E-state index in [0.29, 0.717) is 31.9 Å². The van der Waals surface area contributed by atoms with Gasteiger partial charge in [-0.3, -0.25) is 9.69 Å². The van der Waals surface area contributed by atoms with Crippen LogP contribution < -0.4 is 4.74 Å². The predicted molar refractivity (Wildman–Crippen MR) is 163 cm³/mol. The minimum absolute atomic E-state index is 0.0106. The third kappa shape index (κ3) is 5.75. The van der Waals surface area contributed by atoms with Crippen LogP contribution in [-0.2, 0) is 24.9 Å². The molecule has 0 saturated carbocycles. The Kier molecular flexibility index (Phi) is 8.78. The van der Waals surface area contributed by atoms with E-state index in [-0.39, 0.29) is 30.6 Å². The number of hydrogen-bond acceptors (Lipinski definition) is 5. The number of aryl methyl sites for hydroxylation is 1. The topological polar surface area (TPSA) is 67.2 Å². The largest absolute Gasteiger partial charge is 0.496 e. The number of para-hydroxylation sites is 2. The SMILES string of the molecule is COc1ccccc1CN(C)C[C@H]1OCc2ccccc2-c2c(n(C)c3ccccc23)C(=O)N([C@@H](C)CO)C[C@@H]1C. The normalized spacial score (nSPS) is 18.6. The number of ether oxygens (including phenoxy) is 2. The monoisotopic (exact) mass is 555 g/mol. The zero-order chi connectivity index (χ0) is 29.1. The number of amides is 1. The minimum atomic E-state index is -0.348. The summed E-state index contributed by atoms with van der Waals surface area (Å²) in [6, 6.07) is 24.1. The number of benzene rings is 3. The standard InChI is InChI=1S/C34H41N3O4/c1-23-18-37(24(2)21-38)34(39)33-32(28-15-9-10-16-29(28)36(33)4)27-14-8-6-13-26(27)22-41-31(23)20-35(3)19-25-12-7-11-17-30(25)40-5/h6-17,23-24,31,38H,18-22H2,1-5H3/t23-,24-,31+/m0/s1. The zero-order valence-electron chi connectivity index (χ0n) is 24.7. The lowest BCUT2D eigenvalue weighted by molar-refractivity contribution is -0.0242. The molecule has 4 aromatic rings. The lowest BCUT2D eigenvalue weighted by Gasteiger charge is -2.35. The highest BCUT2D eigenvalue weighted by Crippen LogP contribution is 2.38. The molecule has 0 bridgehead atoms. The summed E-state index contributed by atoms with van der Waals surface area (Å²) >= 11 is 0. The molecule has 1 amide bonds. The van der Waals surface area contributed by atoms with Gasteiger partial charge in [0.15, 0.2) is 0 Å². The van der Waals surface area contributed by atoms with E-state index in [2.05, 4.69) is 49.2 Å². The van der Waals surface area contributed by atoms with Crippen molar-refractivity contribution in [1.29, 1.82) is 0 Å². The van der Waals surface area contributed by atoms with Gasteiger partial charge in [-0.2, -0.15) is 0 Å². The number of carbonyl (C=O) groups excluding carboxylic acids is 1. The maximum Gasteiger partial charge on any atom is 0.271 e. The van der Waals surface area contributed by atoms with Gasteiger partial charge in [-0.25, -0.2) is 0 Å². The number of rotatable bonds is 7. The molecular weight excluding hydrogens is 514 g/mol. The lowest BCUT2D eigenvalue weighted by atomic mass is 9.96. The van der Waals surface area contributed by atoms with Gasteiger partial charge in [0.2, 0.25) is 0 Å². The molecule has 216 valence electrons. The van der Waals surface area contributed by atoms with Gasteiger partial charge in [0, 0.05) is 54.6 Å². The molecule has 0 unspecified atom stereocenters. The van der Waals surface area contributed by atoms with E-state index in [4.69, 9.17) is 9.47 Å². The molecule has 0 radical (unpaired) electrons. The van der Waals surface area contributed by atoms with Crippen LogP contribution in [0.1, 0.15) is 35.5 Å². The number of likely N-dealkylation sites (N-methyl/N-ethyl adjacent to an activating group) is 1. The Morgan fingerprint density at radius 3 is 2.56 bits per heavy atom. The Morgan fingerprint density at radius 2 is 1.78 bits per heavy atom. The van der Waals surface area contributed by atoms with E-state index in [1.165, 1.54) is 0 Å². The number of aromatic nitrogens is 1. The summed E-state index contributed by atoms with van der Waals surface area (Å²) in [4.78, 5) is 18.6. The van der Waals surface area contributed by atoms with Crippen LogP contribution in [0, 0.1) is 5.92 Å². The van der Waals surface area contributed by atoms with E-state index in [1.807, 2.05) is 65.9 Å². The first kappa shape index (κ1) is 28.9. The number of aliphatic hydroxyl groups is 1. The van der Waals surface area contributed by atoms with E-state index in [1.54, 1.807) is 7.11 Å². The van der Waals surface area contributed by atoms with Crippen molar-refractivity contribution in [1.82, 2.24) is 14.4 Å². The molecule has 3 aromatic carbocycles. The molecule has 7 heteroatoms. The van der Waals surface area contributed by atoms with Crippen LogP contribution >= 0.6 is 0 Å². The van der Waals surface area contributed by atoms with Crippen LogP contribution in [0.3, 0.4) is 0 Å². The summed E-state index contributed by atoms with van der Waals surface area (Å²) in [7, 11) is 5.74. The average molecular weight is 556 g/mol. The number of methoxy groups -OCH3 is 1. The number of aliphatic hydroxyl groups excluding tert-OH is 1. The number of nitrogens with zero attached hydrogens (tertiary/aromatic N) is 3. The maximum atomic E-state index is 14.5. The van der Waals surface area contributed by atoms with Gasteiger partial charge in [-0.1, -0.05) is 67.6 Å². The summed E-state index contributed by atoms with van der Waals surface area (Å²) in [5, 5.41) is 11.3. The molecule has 0 spiro atoms. The quantitative estimate of drug-likeness (QED) is 0.333. The van der Waals surface area contributed by atoms with Crippen LogP contribution in [0.4, 0.5) is 0 Å². The Labute approximate surface area is 242 Å². The number of fused-ring (bicyclic) bond motifs is 5. The van der Waals surface area contributed by atoms with Gasteiger partial charge in [0.05, 0.1) is 32.5 Å². The van der Waals surface area contributed by atoms with Gasteiger partial charge in [-0.15, -0.1) is 0 Å². The second-order valence-corrected chi connectivity index (χ2v) is 11.3. The second kappa shape index (κ2) is 12.5. The first-order valence-electron chi connectivity index (χ1n) is 14.3. The molecule has 1 aromatic heterocycles. The van der Waals surface area contributed by atoms with Crippen molar-refractivity contribution in [3.63, 3.8) is 0 Å². The van der Waals surface area contributed by atoms with E-state index >= 15 is 0 Å². The van der Waals surface area contributed by atoms with E-state index in [9.17, 15) is 9.90 Å². The second-order valence-electron chi connectivity index (χ2n) is 11.3. The van der Waals surface area contributed by atoms with Crippen molar-refractivity contribution in [3.8, 4) is 16.9 Å². The molecule has 2 heterocycles. The fourth-order valence-corrected chi connectivity index (χ4v) is 6.02. The highest BCUT2D eigenvalue weighted by Gasteiger charge is 2.33. The van der Waals surface area contributed by atoms with Crippen molar-refractivity contribution < 1.29 is 19.4 Å². The van der Waals surface area contributed by atoms with Crippen LogP contribution in [-0.4, -0.2) is 71.4 Å². The molecule has 1 aliphatic rings. The number of carbonyl (C=O) groups is 1. The smallest absolute Gasteiger partial charge is 0.271 e. The third-order valence-electron chi connectivity index (χ3n) is 8.35. The fraction of sp³-hybridized carbons (Fsp3) is 0.382. The van der Waals surface area contributed by atoms with Crippen molar-refractivity contribution in [3.05, 3.63) is 89.6 Å². The van der Waals surface area contributed by atoms with Crippen LogP contribution in [0.5, 0.6) is 5.75 Å². The summed E-state index contributed by atoms with van der Waals surface area (Å²) < 4.78 is 14.3. The summed E-state index contributed by atoms with van der Waals surface area (Å²) in [5.41, 5.74) is 5.71. The minimum Gasteiger partial charge on any atom is -0.496 e.